The molecule has 0 aromatic carbocycles. The molecule has 13 heteroatoms. The van der Waals surface area contributed by atoms with E-state index in [2.05, 4.69) is 47.9 Å². The minimum atomic E-state index is -3.31. The van der Waals surface area contributed by atoms with E-state index in [9.17, 15) is 9.90 Å². The molecule has 0 radical (unpaired) electrons. The number of terminal acetylenes is 1. The van der Waals surface area contributed by atoms with Gasteiger partial charge in [0.25, 0.3) is 6.47 Å². The van der Waals surface area contributed by atoms with Crippen molar-refractivity contribution in [2.24, 2.45) is 21.6 Å². The quantitative estimate of drug-likeness (QED) is 0.0332. The van der Waals surface area contributed by atoms with Crippen molar-refractivity contribution in [1.82, 2.24) is 14.7 Å². The number of carbonyl (C=O) groups excluding carboxylic acids is 1. The number of aliphatic hydroxyl groups is 1. The summed E-state index contributed by atoms with van der Waals surface area (Å²) < 4.78 is 36.6. The number of alkyl halides is 2. The summed E-state index contributed by atoms with van der Waals surface area (Å²) in [5.74, 6) is -1.08. The summed E-state index contributed by atoms with van der Waals surface area (Å²) in [5.41, 5.74) is 8.54. The van der Waals surface area contributed by atoms with Crippen molar-refractivity contribution in [3.05, 3.63) is 71.5 Å². The van der Waals surface area contributed by atoms with Gasteiger partial charge in [-0.2, -0.15) is 8.78 Å². The van der Waals surface area contributed by atoms with Crippen LogP contribution in [0, 0.1) is 18.3 Å². The summed E-state index contributed by atoms with van der Waals surface area (Å²) in [6.45, 7) is 16.2. The molecule has 3 heterocycles. The van der Waals surface area contributed by atoms with Crippen molar-refractivity contribution in [3.63, 3.8) is 0 Å². The van der Waals surface area contributed by atoms with Crippen LogP contribution in [0.25, 0.3) is 0 Å². The first-order valence-electron chi connectivity index (χ1n) is 18.2. The van der Waals surface area contributed by atoms with Crippen molar-refractivity contribution in [3.8, 4) is 12.3 Å². The van der Waals surface area contributed by atoms with Gasteiger partial charge in [0.1, 0.15) is 6.61 Å². The van der Waals surface area contributed by atoms with Crippen LogP contribution >= 0.6 is 0 Å². The molecule has 4 N–H and O–H groups in total. The first-order valence-corrected chi connectivity index (χ1v) is 18.2. The molecular formula is C40H58F2N6O5. The lowest BCUT2D eigenvalue weighted by Gasteiger charge is -2.42. The number of likely N-dealkylation sites (tertiary alicyclic amines) is 2. The predicted molar refractivity (Wildman–Crippen MR) is 207 cm³/mol. The molecule has 3 aliphatic heterocycles. The normalized spacial score (nSPS) is 24.1. The second-order valence-electron chi connectivity index (χ2n) is 13.5. The molecule has 2 fully saturated rings. The second kappa shape index (κ2) is 23.2. The van der Waals surface area contributed by atoms with Gasteiger partial charge in [0.15, 0.2) is 11.6 Å². The molecule has 3 aliphatic rings. The molecule has 0 aliphatic carbocycles. The number of aliphatic imine (C=N–C) groups is 2. The van der Waals surface area contributed by atoms with E-state index in [-0.39, 0.29) is 63.0 Å². The number of nitrogens with two attached hydrogens (primary N) is 1. The molecule has 0 aromatic heterocycles. The van der Waals surface area contributed by atoms with Gasteiger partial charge in [-0.3, -0.25) is 19.5 Å². The highest BCUT2D eigenvalue weighted by Crippen LogP contribution is 2.31. The molecule has 0 bridgehead atoms. The zero-order valence-electron chi connectivity index (χ0n) is 31.6. The number of nitrogens with zero attached hydrogens (tertiary/aromatic N) is 5. The van der Waals surface area contributed by atoms with Crippen LogP contribution in [-0.2, 0) is 14.3 Å². The number of carboxylic acid groups (broad SMARTS) is 1. The van der Waals surface area contributed by atoms with E-state index in [1.807, 2.05) is 41.0 Å². The smallest absolute Gasteiger partial charge is 0.304 e. The lowest BCUT2D eigenvalue weighted by Crippen LogP contribution is -2.52. The maximum Gasteiger partial charge on any atom is 0.304 e. The SMILES string of the molecule is C#C/C=C\C(C)=C(/CN(CO)C1CCN(C(=O)CCCCCC(F)(F)C(N)=N/C2=C(\C(=C)N3CCC[C@H]3C)OC/C=C\C=C/C2)C[C@@H]1C)N=C.O=CO. The third-order valence-corrected chi connectivity index (χ3v) is 9.75. The first kappa shape index (κ1) is 44.6. The number of ether oxygens (including phenoxy) is 1. The second-order valence-corrected chi connectivity index (χ2v) is 13.5. The molecule has 53 heavy (non-hydrogen) atoms. The Bertz CT molecular complexity index is 1480. The summed E-state index contributed by atoms with van der Waals surface area (Å²) >= 11 is 0. The standard InChI is InChI=1S/C39H56F2N6O3.CH2O2/c1-7-8-17-29(2)34(43-6)27-46(28-48)35-21-24-45(26-30(35)3)36(49)20-13-11-14-22-39(40,41)38(42)44-33-19-12-9-10-15-25-50-37(33)32(5)47-23-16-18-31(47)4;2-1-3/h1,8-10,12,15,17,30-31,35,48H,5-6,11,13-14,16,18-28H2,2-4H3,(H2,42,44);1H,(H,2,3)/b12-9-,15-10-,17-8-,34-29+,37-33+;/t30-,31+,35?;/m0./s1. The minimum absolute atomic E-state index is 0.0112. The van der Waals surface area contributed by atoms with Gasteiger partial charge in [0, 0.05) is 57.5 Å². The lowest BCUT2D eigenvalue weighted by atomic mass is 9.92. The number of hydrogen-bond donors (Lipinski definition) is 3. The summed E-state index contributed by atoms with van der Waals surface area (Å²) in [5, 5.41) is 17.0. The Labute approximate surface area is 314 Å². The van der Waals surface area contributed by atoms with Crippen LogP contribution in [-0.4, -0.2) is 107 Å². The van der Waals surface area contributed by atoms with Gasteiger partial charge in [-0.15, -0.1) is 6.42 Å². The number of carbonyl (C=O) groups is 2. The fraction of sp³-hybridized carbons (Fsp3) is 0.550. The molecule has 2 saturated heterocycles. The molecule has 0 aromatic rings. The number of allylic oxidation sites excluding steroid dienone is 6. The van der Waals surface area contributed by atoms with E-state index in [4.69, 9.17) is 26.8 Å². The largest absolute Gasteiger partial charge is 0.485 e. The molecule has 1 unspecified atom stereocenters. The van der Waals surface area contributed by atoms with Gasteiger partial charge in [0.2, 0.25) is 5.91 Å². The first-order chi connectivity index (χ1) is 25.3. The molecular weight excluding hydrogens is 682 g/mol. The monoisotopic (exact) mass is 740 g/mol. The molecule has 292 valence electrons. The molecule has 3 rings (SSSR count). The third-order valence-electron chi connectivity index (χ3n) is 9.75. The minimum Gasteiger partial charge on any atom is -0.485 e. The van der Waals surface area contributed by atoms with Crippen molar-refractivity contribution >= 4 is 24.9 Å². The Balaban J connectivity index is 0.00000313. The van der Waals surface area contributed by atoms with E-state index in [0.717, 1.165) is 30.7 Å². The van der Waals surface area contributed by atoms with Crippen LogP contribution in [0.3, 0.4) is 0 Å². The average molecular weight is 741 g/mol. The van der Waals surface area contributed by atoms with Gasteiger partial charge in [-0.1, -0.05) is 44.1 Å². The van der Waals surface area contributed by atoms with E-state index >= 15 is 8.78 Å². The Morgan fingerprint density at radius 3 is 2.57 bits per heavy atom. The highest BCUT2D eigenvalue weighted by Gasteiger charge is 2.35. The fourth-order valence-corrected chi connectivity index (χ4v) is 6.76. The van der Waals surface area contributed by atoms with Crippen LogP contribution < -0.4 is 5.73 Å². The van der Waals surface area contributed by atoms with Crippen LogP contribution in [0.4, 0.5) is 8.78 Å². The Kier molecular flexibility index (Phi) is 19.5. The van der Waals surface area contributed by atoms with Gasteiger partial charge in [-0.05, 0) is 82.4 Å². The molecule has 3 atom stereocenters. The van der Waals surface area contributed by atoms with E-state index < -0.39 is 18.2 Å². The van der Waals surface area contributed by atoms with Gasteiger partial charge in [0.05, 0.1) is 23.8 Å². The number of hydrogen-bond acceptors (Lipinski definition) is 8. The summed E-state index contributed by atoms with van der Waals surface area (Å²) in [6, 6.07) is 0.327. The van der Waals surface area contributed by atoms with Gasteiger partial charge < -0.3 is 30.5 Å². The average Bonchev–Trinajstić information content (AvgIpc) is 3.61. The number of unbranched alkanes of at least 4 members (excludes halogenated alkanes) is 2. The lowest BCUT2D eigenvalue weighted by molar-refractivity contribution is -0.134. The predicted octanol–water partition coefficient (Wildman–Crippen LogP) is 6.03. The number of rotatable bonds is 16. The van der Waals surface area contributed by atoms with E-state index in [1.165, 1.54) is 0 Å². The third kappa shape index (κ3) is 14.1. The number of amidine groups is 1. The Hall–Kier alpha value is -4.54. The van der Waals surface area contributed by atoms with Crippen molar-refractivity contribution in [1.29, 1.82) is 0 Å². The number of aliphatic hydroxyl groups excluding tert-OH is 1. The number of amides is 1. The van der Waals surface area contributed by atoms with Gasteiger partial charge in [-0.25, -0.2) is 4.99 Å². The molecule has 1 amide bonds. The van der Waals surface area contributed by atoms with Gasteiger partial charge >= 0.3 is 5.92 Å². The van der Waals surface area contributed by atoms with Crippen molar-refractivity contribution < 1.29 is 33.3 Å². The maximum atomic E-state index is 15.3. The summed E-state index contributed by atoms with van der Waals surface area (Å²) in [6.07, 6.45) is 20.1. The summed E-state index contributed by atoms with van der Waals surface area (Å²) in [7, 11) is 0. The van der Waals surface area contributed by atoms with Crippen LogP contribution in [0.5, 0.6) is 0 Å². The summed E-state index contributed by atoms with van der Waals surface area (Å²) in [4.78, 5) is 35.7. The number of halogens is 2. The molecule has 0 saturated carbocycles. The Morgan fingerprint density at radius 1 is 1.23 bits per heavy atom. The maximum absolute atomic E-state index is 15.3. The topological polar surface area (TPSA) is 144 Å². The molecule has 0 spiro atoms. The van der Waals surface area contributed by atoms with Crippen LogP contribution in [0.15, 0.2) is 81.4 Å². The zero-order valence-corrected chi connectivity index (χ0v) is 31.6. The molecule has 11 nitrogen and oxygen atoms in total. The Morgan fingerprint density at radius 2 is 1.94 bits per heavy atom. The van der Waals surface area contributed by atoms with Crippen molar-refractivity contribution in [2.75, 3.05) is 39.5 Å². The van der Waals surface area contributed by atoms with E-state index in [0.29, 0.717) is 56.0 Å². The fourth-order valence-electron chi connectivity index (χ4n) is 6.76. The van der Waals surface area contributed by atoms with E-state index in [1.54, 1.807) is 12.2 Å². The van der Waals surface area contributed by atoms with Crippen molar-refractivity contribution in [2.45, 2.75) is 96.6 Å². The van der Waals surface area contributed by atoms with Crippen LogP contribution in [0.1, 0.15) is 78.6 Å². The van der Waals surface area contributed by atoms with Crippen LogP contribution in [0.2, 0.25) is 0 Å². The zero-order chi connectivity index (χ0) is 39.4. The highest BCUT2D eigenvalue weighted by atomic mass is 19.3. The highest BCUT2D eigenvalue weighted by molar-refractivity contribution is 5.88. The number of piperidine rings is 1.